The fourth-order valence-electron chi connectivity index (χ4n) is 5.10. The van der Waals surface area contributed by atoms with Crippen LogP contribution in [0.2, 0.25) is 0 Å². The Hall–Kier alpha value is -5.48. The van der Waals surface area contributed by atoms with Gasteiger partial charge in [-0.1, -0.05) is 111 Å². The molecule has 0 spiro atoms. The Bertz CT molecular complexity index is 1630. The molecule has 0 unspecified atom stereocenters. The maximum atomic E-state index is 9.41. The summed E-state index contributed by atoms with van der Waals surface area (Å²) in [5.41, 5.74) is 9.09. The molecule has 0 atom stereocenters. The SMILES string of the molecule is CC(C)(c1ccc(O)cc1)c1ccc(O)cc1.Oc1ccc(-c2ccc(Cc3ccc(-c4ccc(O)cc4)cc3)cc2)cc1. The third kappa shape index (κ3) is 7.47. The number of hydrogen-bond donors (Lipinski definition) is 4. The number of hydrogen-bond acceptors (Lipinski definition) is 4. The molecule has 220 valence electrons. The first kappa shape index (κ1) is 30.0. The van der Waals surface area contributed by atoms with E-state index in [2.05, 4.69) is 62.4 Å². The Morgan fingerprint density at radius 2 is 0.568 bits per heavy atom. The first-order valence-corrected chi connectivity index (χ1v) is 14.5. The van der Waals surface area contributed by atoms with Crippen molar-refractivity contribution in [2.45, 2.75) is 25.7 Å². The predicted octanol–water partition coefficient (Wildman–Crippen LogP) is 9.45. The molecular formula is C40H36O4. The molecule has 4 N–H and O–H groups in total. The number of aromatic hydroxyl groups is 4. The minimum absolute atomic E-state index is 0.151. The maximum absolute atomic E-state index is 9.41. The van der Waals surface area contributed by atoms with Crippen LogP contribution in [0.4, 0.5) is 0 Å². The normalized spacial score (nSPS) is 11.0. The molecule has 0 aromatic heterocycles. The largest absolute Gasteiger partial charge is 0.508 e. The van der Waals surface area contributed by atoms with E-state index in [4.69, 9.17) is 0 Å². The second kappa shape index (κ2) is 13.2. The van der Waals surface area contributed by atoms with Crippen LogP contribution in [0, 0.1) is 0 Å². The van der Waals surface area contributed by atoms with E-state index in [1.807, 2.05) is 48.5 Å². The van der Waals surface area contributed by atoms with Gasteiger partial charge in [0.1, 0.15) is 23.0 Å². The third-order valence-corrected chi connectivity index (χ3v) is 7.90. The van der Waals surface area contributed by atoms with Gasteiger partial charge in [0.05, 0.1) is 0 Å². The number of phenols is 4. The number of rotatable bonds is 6. The average Bonchev–Trinajstić information content (AvgIpc) is 3.03. The maximum Gasteiger partial charge on any atom is 0.115 e. The van der Waals surface area contributed by atoms with Gasteiger partial charge in [-0.2, -0.15) is 0 Å². The van der Waals surface area contributed by atoms with Gasteiger partial charge in [-0.15, -0.1) is 0 Å². The van der Waals surface area contributed by atoms with Crippen LogP contribution in [-0.2, 0) is 11.8 Å². The Kier molecular flexibility index (Phi) is 9.01. The van der Waals surface area contributed by atoms with E-state index in [1.54, 1.807) is 48.5 Å². The van der Waals surface area contributed by atoms with Crippen LogP contribution in [0.25, 0.3) is 22.3 Å². The van der Waals surface area contributed by atoms with Gasteiger partial charge in [0.2, 0.25) is 0 Å². The summed E-state index contributed by atoms with van der Waals surface area (Å²) in [6.45, 7) is 4.23. The Balaban J connectivity index is 0.000000195. The fourth-order valence-corrected chi connectivity index (χ4v) is 5.10. The lowest BCUT2D eigenvalue weighted by Gasteiger charge is -2.26. The molecule has 4 heteroatoms. The highest BCUT2D eigenvalue weighted by Crippen LogP contribution is 2.33. The van der Waals surface area contributed by atoms with Crippen LogP contribution >= 0.6 is 0 Å². The standard InChI is InChI=1S/C25H20O2.C15H16O2/c26-24-13-9-22(10-14-24)20-5-1-18(2-6-20)17-19-3-7-21(8-4-19)23-11-15-25(27)16-12-23;1-15(2,11-3-7-13(16)8-4-11)12-5-9-14(17)10-6-12/h1-16,26-27H,17H2;3-10,16-17H,1-2H3. The highest BCUT2D eigenvalue weighted by atomic mass is 16.3. The lowest BCUT2D eigenvalue weighted by atomic mass is 9.78. The highest BCUT2D eigenvalue weighted by molar-refractivity contribution is 5.65. The molecule has 0 aliphatic rings. The summed E-state index contributed by atoms with van der Waals surface area (Å²) in [5, 5.41) is 37.4. The van der Waals surface area contributed by atoms with Crippen LogP contribution in [0.5, 0.6) is 23.0 Å². The summed E-state index contributed by atoms with van der Waals surface area (Å²) in [6.07, 6.45) is 0.881. The molecule has 0 aliphatic heterocycles. The Morgan fingerprint density at radius 1 is 0.341 bits per heavy atom. The topological polar surface area (TPSA) is 80.9 Å². The van der Waals surface area contributed by atoms with E-state index in [0.717, 1.165) is 39.8 Å². The van der Waals surface area contributed by atoms with Crippen LogP contribution in [0.1, 0.15) is 36.1 Å². The van der Waals surface area contributed by atoms with Gasteiger partial charge in [0.25, 0.3) is 0 Å². The monoisotopic (exact) mass is 580 g/mol. The molecule has 0 saturated heterocycles. The zero-order valence-corrected chi connectivity index (χ0v) is 24.9. The molecule has 6 rings (SSSR count). The first-order chi connectivity index (χ1) is 21.2. The van der Waals surface area contributed by atoms with Gasteiger partial charge in [-0.05, 0) is 99.5 Å². The number of phenolic OH excluding ortho intramolecular Hbond substituents is 4. The van der Waals surface area contributed by atoms with Crippen LogP contribution in [0.3, 0.4) is 0 Å². The molecule has 44 heavy (non-hydrogen) atoms. The molecule has 0 fully saturated rings. The quantitative estimate of drug-likeness (QED) is 0.158. The first-order valence-electron chi connectivity index (χ1n) is 14.5. The molecule has 0 bridgehead atoms. The minimum atomic E-state index is -0.151. The van der Waals surface area contributed by atoms with Gasteiger partial charge < -0.3 is 20.4 Å². The fraction of sp³-hybridized carbons (Fsp3) is 0.100. The van der Waals surface area contributed by atoms with Crippen molar-refractivity contribution >= 4 is 0 Å². The second-order valence-electron chi connectivity index (χ2n) is 11.4. The van der Waals surface area contributed by atoms with Gasteiger partial charge in [-0.3, -0.25) is 0 Å². The van der Waals surface area contributed by atoms with Crippen molar-refractivity contribution in [1.82, 2.24) is 0 Å². The van der Waals surface area contributed by atoms with Crippen molar-refractivity contribution in [3.8, 4) is 45.3 Å². The van der Waals surface area contributed by atoms with Crippen molar-refractivity contribution < 1.29 is 20.4 Å². The third-order valence-electron chi connectivity index (χ3n) is 7.90. The summed E-state index contributed by atoms with van der Waals surface area (Å²) < 4.78 is 0. The van der Waals surface area contributed by atoms with Crippen molar-refractivity contribution in [3.63, 3.8) is 0 Å². The molecular weight excluding hydrogens is 544 g/mol. The highest BCUT2D eigenvalue weighted by Gasteiger charge is 2.22. The predicted molar refractivity (Wildman–Crippen MR) is 178 cm³/mol. The molecule has 6 aromatic carbocycles. The minimum Gasteiger partial charge on any atom is -0.508 e. The summed E-state index contributed by atoms with van der Waals surface area (Å²) in [5.74, 6) is 1.11. The van der Waals surface area contributed by atoms with E-state index in [-0.39, 0.29) is 28.4 Å². The summed E-state index contributed by atoms with van der Waals surface area (Å²) in [6, 6.07) is 46.0. The summed E-state index contributed by atoms with van der Waals surface area (Å²) >= 11 is 0. The lowest BCUT2D eigenvalue weighted by Crippen LogP contribution is -2.18. The van der Waals surface area contributed by atoms with Gasteiger partial charge in [-0.25, -0.2) is 0 Å². The van der Waals surface area contributed by atoms with Crippen LogP contribution < -0.4 is 0 Å². The van der Waals surface area contributed by atoms with Crippen molar-refractivity contribution in [3.05, 3.63) is 168 Å². The van der Waals surface area contributed by atoms with Crippen LogP contribution in [0.15, 0.2) is 146 Å². The van der Waals surface area contributed by atoms with Crippen LogP contribution in [-0.4, -0.2) is 20.4 Å². The summed E-state index contributed by atoms with van der Waals surface area (Å²) in [4.78, 5) is 0. The van der Waals surface area contributed by atoms with E-state index >= 15 is 0 Å². The van der Waals surface area contributed by atoms with Crippen molar-refractivity contribution in [1.29, 1.82) is 0 Å². The number of benzene rings is 6. The molecule has 0 heterocycles. The smallest absolute Gasteiger partial charge is 0.115 e. The zero-order valence-electron chi connectivity index (χ0n) is 24.9. The van der Waals surface area contributed by atoms with E-state index < -0.39 is 0 Å². The van der Waals surface area contributed by atoms with E-state index in [1.165, 1.54) is 11.1 Å². The van der Waals surface area contributed by atoms with Crippen molar-refractivity contribution in [2.24, 2.45) is 0 Å². The molecule has 0 aliphatic carbocycles. The van der Waals surface area contributed by atoms with Gasteiger partial charge in [0, 0.05) is 5.41 Å². The van der Waals surface area contributed by atoms with Gasteiger partial charge in [0.15, 0.2) is 0 Å². The summed E-state index contributed by atoms with van der Waals surface area (Å²) in [7, 11) is 0. The molecule has 0 saturated carbocycles. The zero-order chi connectivity index (χ0) is 31.1. The Labute approximate surface area is 258 Å². The molecule has 0 amide bonds. The van der Waals surface area contributed by atoms with E-state index in [9.17, 15) is 20.4 Å². The molecule has 4 nitrogen and oxygen atoms in total. The lowest BCUT2D eigenvalue weighted by molar-refractivity contribution is 0.473. The second-order valence-corrected chi connectivity index (χ2v) is 11.4. The Morgan fingerprint density at radius 3 is 0.841 bits per heavy atom. The van der Waals surface area contributed by atoms with Gasteiger partial charge >= 0.3 is 0 Å². The van der Waals surface area contributed by atoms with E-state index in [0.29, 0.717) is 0 Å². The average molecular weight is 581 g/mol. The molecule has 6 aromatic rings. The van der Waals surface area contributed by atoms with Crippen molar-refractivity contribution in [2.75, 3.05) is 0 Å². The molecule has 0 radical (unpaired) electrons.